The quantitative estimate of drug-likeness (QED) is 0.354. The van der Waals surface area contributed by atoms with Crippen molar-refractivity contribution < 1.29 is 14.7 Å². The maximum Gasteiger partial charge on any atom is 0.323 e. The first-order valence-electron chi connectivity index (χ1n) is 12.9. The maximum atomic E-state index is 12.2. The Hall–Kier alpha value is -0.750. The van der Waals surface area contributed by atoms with Gasteiger partial charge in [-0.15, -0.1) is 0 Å². The van der Waals surface area contributed by atoms with Crippen LogP contribution in [0.3, 0.4) is 0 Å². The van der Waals surface area contributed by atoms with Gasteiger partial charge in [0, 0.05) is 29.8 Å². The largest absolute Gasteiger partial charge is 0.480 e. The number of carbonyl (C=O) groups is 2. The third-order valence-corrected chi connectivity index (χ3v) is 7.78. The zero-order chi connectivity index (χ0) is 22.5. The number of hydrogen-bond acceptors (Lipinski definition) is 4. The molecule has 0 radical (unpaired) electrons. The van der Waals surface area contributed by atoms with Gasteiger partial charge in [-0.25, -0.2) is 0 Å². The second-order valence-electron chi connectivity index (χ2n) is 9.93. The van der Waals surface area contributed by atoms with Crippen LogP contribution >= 0.6 is 12.6 Å². The van der Waals surface area contributed by atoms with E-state index in [-0.39, 0.29) is 24.4 Å². The number of nitrogens with one attached hydrogen (secondary N) is 1. The summed E-state index contributed by atoms with van der Waals surface area (Å²) in [7, 11) is 0. The smallest absolute Gasteiger partial charge is 0.323 e. The third-order valence-electron chi connectivity index (χ3n) is 7.23. The highest BCUT2D eigenvalue weighted by molar-refractivity contribution is 7.80. The van der Waals surface area contributed by atoms with Crippen molar-refractivity contribution in [3.8, 4) is 0 Å². The molecular weight excluding hydrogens is 408 g/mol. The molecule has 1 amide bonds. The van der Waals surface area contributed by atoms with Crippen molar-refractivity contribution in [2.45, 2.75) is 128 Å². The molecule has 3 aliphatic carbocycles. The molecule has 0 aromatic heterocycles. The monoisotopic (exact) mass is 454 g/mol. The molecule has 0 heterocycles. The molecule has 31 heavy (non-hydrogen) atoms. The van der Waals surface area contributed by atoms with Crippen LogP contribution in [-0.2, 0) is 9.59 Å². The minimum absolute atomic E-state index is 0.0701. The van der Waals surface area contributed by atoms with Crippen LogP contribution in [0.2, 0.25) is 0 Å². The zero-order valence-corrected chi connectivity index (χ0v) is 20.6. The molecule has 1 atom stereocenters. The number of carbonyl (C=O) groups excluding carboxylic acids is 1. The molecule has 3 rings (SSSR count). The van der Waals surface area contributed by atoms with E-state index in [4.69, 9.17) is 5.11 Å². The van der Waals surface area contributed by atoms with Gasteiger partial charge in [-0.1, -0.05) is 71.1 Å². The van der Waals surface area contributed by atoms with Crippen LogP contribution in [0.15, 0.2) is 0 Å². The topological polar surface area (TPSA) is 69.6 Å². The van der Waals surface area contributed by atoms with E-state index >= 15 is 0 Å². The molecule has 3 saturated carbocycles. The molecular formula is C25H46N2O3S. The van der Waals surface area contributed by atoms with E-state index in [0.29, 0.717) is 5.75 Å². The summed E-state index contributed by atoms with van der Waals surface area (Å²) in [6, 6.07) is 1.84. The van der Waals surface area contributed by atoms with Gasteiger partial charge in [-0.3, -0.25) is 9.59 Å². The number of rotatable bonds is 7. The lowest BCUT2D eigenvalue weighted by Crippen LogP contribution is -2.46. The number of amides is 1. The minimum atomic E-state index is -0.932. The van der Waals surface area contributed by atoms with Crippen LogP contribution < -0.4 is 5.32 Å². The van der Waals surface area contributed by atoms with Crippen LogP contribution in [0, 0.1) is 5.92 Å². The van der Waals surface area contributed by atoms with Crippen molar-refractivity contribution in [1.29, 1.82) is 0 Å². The standard InChI is InChI=1S/C13H23NO3S.C12H23N/c1-10(9-18)13(17)14(8-12(15)16)11-6-4-2-3-5-7-11;1-3-7-11(8-4-1)13-12-9-5-2-6-10-12/h10-11,18H,2-9H2,1H3,(H,15,16);11-13H,1-10H2. The molecule has 5 nitrogen and oxygen atoms in total. The molecule has 0 saturated heterocycles. The van der Waals surface area contributed by atoms with E-state index in [1.165, 1.54) is 77.0 Å². The number of carboxylic acid groups (broad SMARTS) is 1. The zero-order valence-electron chi connectivity index (χ0n) is 19.7. The lowest BCUT2D eigenvalue weighted by Gasteiger charge is -2.31. The molecule has 6 heteroatoms. The van der Waals surface area contributed by atoms with Crippen LogP contribution in [0.5, 0.6) is 0 Å². The number of carboxylic acids is 1. The fourth-order valence-electron chi connectivity index (χ4n) is 5.34. The first-order chi connectivity index (χ1) is 15.0. The van der Waals surface area contributed by atoms with E-state index < -0.39 is 5.97 Å². The second kappa shape index (κ2) is 15.2. The van der Waals surface area contributed by atoms with Crippen molar-refractivity contribution in [2.24, 2.45) is 5.92 Å². The van der Waals surface area contributed by atoms with Crippen molar-refractivity contribution in [3.05, 3.63) is 0 Å². The Kier molecular flexibility index (Phi) is 13.0. The number of nitrogens with zero attached hydrogens (tertiary/aromatic N) is 1. The Morgan fingerprint density at radius 1 is 0.839 bits per heavy atom. The first kappa shape index (κ1) is 26.5. The SMILES string of the molecule is C1CCC(NC2CCCCC2)CC1.CC(CS)C(=O)N(CC(=O)O)C1CCCCCC1. The summed E-state index contributed by atoms with van der Waals surface area (Å²) >= 11 is 4.13. The normalized spacial score (nSPS) is 22.6. The Morgan fingerprint density at radius 2 is 1.26 bits per heavy atom. The second-order valence-corrected chi connectivity index (χ2v) is 10.3. The highest BCUT2D eigenvalue weighted by atomic mass is 32.1. The first-order valence-corrected chi connectivity index (χ1v) is 13.5. The number of aliphatic carboxylic acids is 1. The van der Waals surface area contributed by atoms with Crippen molar-refractivity contribution in [1.82, 2.24) is 10.2 Å². The van der Waals surface area contributed by atoms with Crippen molar-refractivity contribution in [2.75, 3.05) is 12.3 Å². The summed E-state index contributed by atoms with van der Waals surface area (Å²) in [6.45, 7) is 1.63. The van der Waals surface area contributed by atoms with E-state index in [9.17, 15) is 9.59 Å². The van der Waals surface area contributed by atoms with E-state index in [1.54, 1.807) is 11.8 Å². The molecule has 0 aliphatic heterocycles. The van der Waals surface area contributed by atoms with Crippen molar-refractivity contribution >= 4 is 24.5 Å². The van der Waals surface area contributed by atoms with Gasteiger partial charge in [0.15, 0.2) is 0 Å². The van der Waals surface area contributed by atoms with Crippen molar-refractivity contribution in [3.63, 3.8) is 0 Å². The van der Waals surface area contributed by atoms with Gasteiger partial charge in [0.05, 0.1) is 0 Å². The number of thiol groups is 1. The predicted octanol–water partition coefficient (Wildman–Crippen LogP) is 5.43. The summed E-state index contributed by atoms with van der Waals surface area (Å²) in [5.41, 5.74) is 0. The predicted molar refractivity (Wildman–Crippen MR) is 131 cm³/mol. The van der Waals surface area contributed by atoms with E-state index in [0.717, 1.165) is 37.8 Å². The molecule has 0 aromatic carbocycles. The molecule has 0 spiro atoms. The summed E-state index contributed by atoms with van der Waals surface area (Å²) in [4.78, 5) is 24.7. The van der Waals surface area contributed by atoms with E-state index in [1.807, 2.05) is 0 Å². The summed E-state index contributed by atoms with van der Waals surface area (Å²) in [5.74, 6) is -0.754. The molecule has 0 bridgehead atoms. The third kappa shape index (κ3) is 10.2. The van der Waals surface area contributed by atoms with Crippen LogP contribution in [0.4, 0.5) is 0 Å². The Morgan fingerprint density at radius 3 is 1.68 bits per heavy atom. The van der Waals surface area contributed by atoms with Gasteiger partial charge in [-0.05, 0) is 38.5 Å². The molecule has 1 unspecified atom stereocenters. The summed E-state index contributed by atoms with van der Waals surface area (Å²) in [6.07, 6.45) is 21.0. The summed E-state index contributed by atoms with van der Waals surface area (Å²) < 4.78 is 0. The van der Waals surface area contributed by atoms with Gasteiger partial charge < -0.3 is 15.3 Å². The lowest BCUT2D eigenvalue weighted by atomic mass is 9.91. The van der Waals surface area contributed by atoms with Crippen LogP contribution in [0.1, 0.15) is 110 Å². The minimum Gasteiger partial charge on any atom is -0.480 e. The average molecular weight is 455 g/mol. The summed E-state index contributed by atoms with van der Waals surface area (Å²) in [5, 5.41) is 12.8. The highest BCUT2D eigenvalue weighted by Gasteiger charge is 2.29. The highest BCUT2D eigenvalue weighted by Crippen LogP contribution is 2.24. The molecule has 3 aliphatic rings. The molecule has 0 aromatic rings. The van der Waals surface area contributed by atoms with Gasteiger partial charge >= 0.3 is 5.97 Å². The molecule has 2 N–H and O–H groups in total. The fourth-order valence-corrected chi connectivity index (χ4v) is 5.49. The van der Waals surface area contributed by atoms with Gasteiger partial charge in [0.1, 0.15) is 6.54 Å². The lowest BCUT2D eigenvalue weighted by molar-refractivity contribution is -0.148. The molecule has 3 fully saturated rings. The Balaban J connectivity index is 0.000000231. The Bertz CT molecular complexity index is 495. The average Bonchev–Trinajstić information content (AvgIpc) is 3.08. The van der Waals surface area contributed by atoms with E-state index in [2.05, 4.69) is 17.9 Å². The fraction of sp³-hybridized carbons (Fsp3) is 0.920. The Labute approximate surface area is 195 Å². The van der Waals surface area contributed by atoms with Gasteiger partial charge in [-0.2, -0.15) is 12.6 Å². The molecule has 180 valence electrons. The van der Waals surface area contributed by atoms with Crippen LogP contribution in [-0.4, -0.2) is 52.3 Å². The number of hydrogen-bond donors (Lipinski definition) is 3. The van der Waals surface area contributed by atoms with Crippen LogP contribution in [0.25, 0.3) is 0 Å². The van der Waals surface area contributed by atoms with Gasteiger partial charge in [0.2, 0.25) is 5.91 Å². The maximum absolute atomic E-state index is 12.2. The van der Waals surface area contributed by atoms with Gasteiger partial charge in [0.25, 0.3) is 0 Å².